The van der Waals surface area contributed by atoms with Crippen molar-refractivity contribution < 1.29 is 4.79 Å². The normalized spacial score (nSPS) is 11.9. The van der Waals surface area contributed by atoms with Crippen molar-refractivity contribution in [2.45, 2.75) is 33.1 Å². The molecule has 1 unspecified atom stereocenters. The lowest BCUT2D eigenvalue weighted by atomic mass is 9.90. The fourth-order valence-corrected chi connectivity index (χ4v) is 2.87. The largest absolute Gasteiger partial charge is 0.356 e. The summed E-state index contributed by atoms with van der Waals surface area (Å²) in [5.41, 5.74) is 1.21. The van der Waals surface area contributed by atoms with Gasteiger partial charge >= 0.3 is 0 Å². The van der Waals surface area contributed by atoms with Gasteiger partial charge in [0, 0.05) is 16.9 Å². The number of hydrogen-bond donors (Lipinski definition) is 2. The van der Waals surface area contributed by atoms with Crippen molar-refractivity contribution in [3.63, 3.8) is 0 Å². The summed E-state index contributed by atoms with van der Waals surface area (Å²) in [6, 6.07) is 8.23. The lowest BCUT2D eigenvalue weighted by molar-refractivity contribution is -0.125. The molecular weight excluding hydrogens is 364 g/mol. The minimum atomic E-state index is 0. The third kappa shape index (κ3) is 8.76. The Labute approximate surface area is 149 Å². The molecule has 0 saturated carbocycles. The topological polar surface area (TPSA) is 41.1 Å². The lowest BCUT2D eigenvalue weighted by Crippen LogP contribution is -2.34. The molecule has 0 radical (unpaired) electrons. The van der Waals surface area contributed by atoms with Gasteiger partial charge in [-0.25, -0.2) is 0 Å². The summed E-state index contributed by atoms with van der Waals surface area (Å²) < 4.78 is 1.07. The summed E-state index contributed by atoms with van der Waals surface area (Å²) >= 11 is 3.49. The van der Waals surface area contributed by atoms with Gasteiger partial charge in [0.1, 0.15) is 0 Å². The van der Waals surface area contributed by atoms with E-state index >= 15 is 0 Å². The summed E-state index contributed by atoms with van der Waals surface area (Å²) in [5.74, 6) is 0.749. The van der Waals surface area contributed by atoms with Crippen molar-refractivity contribution in [2.24, 2.45) is 11.8 Å². The van der Waals surface area contributed by atoms with Crippen LogP contribution in [0.2, 0.25) is 0 Å². The van der Waals surface area contributed by atoms with Crippen LogP contribution in [0.5, 0.6) is 0 Å². The first-order chi connectivity index (χ1) is 10.0. The second-order valence-electron chi connectivity index (χ2n) is 5.91. The van der Waals surface area contributed by atoms with Gasteiger partial charge in [0.15, 0.2) is 0 Å². The smallest absolute Gasteiger partial charge is 0.223 e. The van der Waals surface area contributed by atoms with Crippen LogP contribution in [-0.4, -0.2) is 26.0 Å². The van der Waals surface area contributed by atoms with Crippen LogP contribution in [0.25, 0.3) is 0 Å². The molecule has 0 aliphatic carbocycles. The van der Waals surface area contributed by atoms with E-state index in [4.69, 9.17) is 0 Å². The third-order valence-electron chi connectivity index (χ3n) is 3.40. The van der Waals surface area contributed by atoms with Crippen LogP contribution in [0.15, 0.2) is 28.7 Å². The quantitative estimate of drug-likeness (QED) is 0.629. The van der Waals surface area contributed by atoms with Crippen molar-refractivity contribution >= 4 is 34.2 Å². The van der Waals surface area contributed by atoms with Gasteiger partial charge in [-0.1, -0.05) is 41.9 Å². The van der Waals surface area contributed by atoms with Gasteiger partial charge in [0.25, 0.3) is 0 Å². The lowest BCUT2D eigenvalue weighted by Gasteiger charge is -2.19. The van der Waals surface area contributed by atoms with Gasteiger partial charge in [-0.3, -0.25) is 4.79 Å². The maximum absolute atomic E-state index is 12.4. The predicted molar refractivity (Wildman–Crippen MR) is 99.6 cm³/mol. The Kier molecular flexibility index (Phi) is 11.6. The number of carbonyl (C=O) groups excluding carboxylic acids is 1. The summed E-state index contributed by atoms with van der Waals surface area (Å²) in [6.45, 7) is 6.01. The van der Waals surface area contributed by atoms with E-state index in [1.807, 2.05) is 19.2 Å². The SMILES string of the molecule is CNCCCNC(=O)C(Cc1cccc(Br)c1)CC(C)C.Cl. The fraction of sp³-hybridized carbons (Fsp3) is 0.588. The highest BCUT2D eigenvalue weighted by atomic mass is 79.9. The number of amides is 1. The Morgan fingerprint density at radius 2 is 2.00 bits per heavy atom. The predicted octanol–water partition coefficient (Wildman–Crippen LogP) is 3.80. The van der Waals surface area contributed by atoms with Crippen molar-refractivity contribution in [3.05, 3.63) is 34.3 Å². The van der Waals surface area contributed by atoms with Crippen LogP contribution in [0.3, 0.4) is 0 Å². The van der Waals surface area contributed by atoms with Crippen molar-refractivity contribution in [3.8, 4) is 0 Å². The Balaban J connectivity index is 0.00000441. The van der Waals surface area contributed by atoms with E-state index in [-0.39, 0.29) is 24.2 Å². The Morgan fingerprint density at radius 3 is 2.59 bits per heavy atom. The zero-order valence-electron chi connectivity index (χ0n) is 13.7. The molecular formula is C17H28BrClN2O. The van der Waals surface area contributed by atoms with E-state index in [1.54, 1.807) is 0 Å². The summed E-state index contributed by atoms with van der Waals surface area (Å²) in [4.78, 5) is 12.4. The number of rotatable bonds is 9. The van der Waals surface area contributed by atoms with Gasteiger partial charge in [-0.05, 0) is 56.5 Å². The molecule has 0 heterocycles. The van der Waals surface area contributed by atoms with Crippen molar-refractivity contribution in [1.29, 1.82) is 0 Å². The highest BCUT2D eigenvalue weighted by molar-refractivity contribution is 9.10. The molecule has 0 fully saturated rings. The Morgan fingerprint density at radius 1 is 1.27 bits per heavy atom. The van der Waals surface area contributed by atoms with Gasteiger partial charge < -0.3 is 10.6 Å². The zero-order chi connectivity index (χ0) is 15.7. The number of hydrogen-bond acceptors (Lipinski definition) is 2. The molecule has 1 rings (SSSR count). The summed E-state index contributed by atoms with van der Waals surface area (Å²) in [5, 5.41) is 6.16. The average Bonchev–Trinajstić information content (AvgIpc) is 2.42. The Hall–Kier alpha value is -0.580. The van der Waals surface area contributed by atoms with Crippen molar-refractivity contribution in [1.82, 2.24) is 10.6 Å². The van der Waals surface area contributed by atoms with Crippen LogP contribution in [0.1, 0.15) is 32.3 Å². The molecule has 1 atom stereocenters. The zero-order valence-corrected chi connectivity index (χ0v) is 16.1. The third-order valence-corrected chi connectivity index (χ3v) is 3.89. The first-order valence-corrected chi connectivity index (χ1v) is 8.49. The first-order valence-electron chi connectivity index (χ1n) is 7.69. The summed E-state index contributed by atoms with van der Waals surface area (Å²) in [7, 11) is 1.93. The summed E-state index contributed by atoms with van der Waals surface area (Å²) in [6.07, 6.45) is 2.69. The Bertz CT molecular complexity index is 440. The van der Waals surface area contributed by atoms with E-state index in [1.165, 1.54) is 5.56 Å². The van der Waals surface area contributed by atoms with Crippen molar-refractivity contribution in [2.75, 3.05) is 20.1 Å². The molecule has 0 aromatic heterocycles. The van der Waals surface area contributed by atoms with E-state index in [0.717, 1.165) is 36.8 Å². The molecule has 3 nitrogen and oxygen atoms in total. The molecule has 0 aliphatic rings. The molecule has 5 heteroatoms. The second-order valence-corrected chi connectivity index (χ2v) is 6.82. The average molecular weight is 392 g/mol. The van der Waals surface area contributed by atoms with Gasteiger partial charge in [-0.2, -0.15) is 0 Å². The maximum atomic E-state index is 12.4. The van der Waals surface area contributed by atoms with E-state index in [0.29, 0.717) is 5.92 Å². The highest BCUT2D eigenvalue weighted by Crippen LogP contribution is 2.20. The molecule has 2 N–H and O–H groups in total. The molecule has 0 aliphatic heterocycles. The van der Waals surface area contributed by atoms with Crippen LogP contribution < -0.4 is 10.6 Å². The molecule has 22 heavy (non-hydrogen) atoms. The molecule has 1 amide bonds. The monoisotopic (exact) mass is 390 g/mol. The molecule has 0 spiro atoms. The molecule has 1 aromatic rings. The highest BCUT2D eigenvalue weighted by Gasteiger charge is 2.20. The van der Waals surface area contributed by atoms with Gasteiger partial charge in [0.2, 0.25) is 5.91 Å². The molecule has 0 saturated heterocycles. The number of nitrogens with one attached hydrogen (secondary N) is 2. The molecule has 126 valence electrons. The van der Waals surface area contributed by atoms with Crippen LogP contribution in [-0.2, 0) is 11.2 Å². The van der Waals surface area contributed by atoms with Crippen LogP contribution in [0, 0.1) is 11.8 Å². The van der Waals surface area contributed by atoms with Crippen LogP contribution >= 0.6 is 28.3 Å². The second kappa shape index (κ2) is 11.9. The van der Waals surface area contributed by atoms with E-state index < -0.39 is 0 Å². The molecule has 1 aromatic carbocycles. The minimum Gasteiger partial charge on any atom is -0.356 e. The van der Waals surface area contributed by atoms with E-state index in [9.17, 15) is 4.79 Å². The minimum absolute atomic E-state index is 0. The number of carbonyl (C=O) groups is 1. The first kappa shape index (κ1) is 21.4. The molecule has 0 bridgehead atoms. The number of halogens is 2. The standard InChI is InChI=1S/C17H27BrN2O.ClH/c1-13(2)10-15(17(21)20-9-5-8-19-3)11-14-6-4-7-16(18)12-14;/h4,6-7,12-13,15,19H,5,8-11H2,1-3H3,(H,20,21);1H. The van der Waals surface area contributed by atoms with Gasteiger partial charge in [-0.15, -0.1) is 12.4 Å². The van der Waals surface area contributed by atoms with E-state index in [2.05, 4.69) is 52.5 Å². The number of benzene rings is 1. The van der Waals surface area contributed by atoms with Crippen LogP contribution in [0.4, 0.5) is 0 Å². The fourth-order valence-electron chi connectivity index (χ4n) is 2.42. The maximum Gasteiger partial charge on any atom is 0.223 e. The van der Waals surface area contributed by atoms with Gasteiger partial charge in [0.05, 0.1) is 0 Å².